The van der Waals surface area contributed by atoms with E-state index in [0.29, 0.717) is 11.1 Å². The fourth-order valence-electron chi connectivity index (χ4n) is 2.26. The number of benzene rings is 2. The van der Waals surface area contributed by atoms with Crippen molar-refractivity contribution >= 4 is 15.9 Å². The van der Waals surface area contributed by atoms with E-state index < -0.39 is 9.84 Å². The summed E-state index contributed by atoms with van der Waals surface area (Å²) in [6.45, 7) is 3.68. The molecule has 134 valence electrons. The Labute approximate surface area is 147 Å². The summed E-state index contributed by atoms with van der Waals surface area (Å²) in [7, 11) is -3.24. The highest BCUT2D eigenvalue weighted by Gasteiger charge is 2.12. The molecule has 2 aromatic carbocycles. The standard InChI is InChI=1S/C18H21FN2O3S/c1-12-4-5-14(10-17(12)19)11-20-18(22)21-13(2)15-6-8-16(9-7-15)25(3,23)24/h4-10,13H,11H2,1-3H3,(H2,20,21,22). The first-order chi connectivity index (χ1) is 11.7. The number of nitrogens with one attached hydrogen (secondary N) is 2. The van der Waals surface area contributed by atoms with Crippen LogP contribution in [0.25, 0.3) is 0 Å². The lowest BCUT2D eigenvalue weighted by atomic mass is 10.1. The van der Waals surface area contributed by atoms with Crippen LogP contribution >= 0.6 is 0 Å². The molecule has 1 unspecified atom stereocenters. The van der Waals surface area contributed by atoms with Gasteiger partial charge in [-0.1, -0.05) is 24.3 Å². The predicted molar refractivity (Wildman–Crippen MR) is 94.5 cm³/mol. The number of aryl methyl sites for hydroxylation is 1. The predicted octanol–water partition coefficient (Wildman–Crippen LogP) is 3.10. The maximum atomic E-state index is 13.5. The Hall–Kier alpha value is -2.41. The van der Waals surface area contributed by atoms with Crippen molar-refractivity contribution in [2.45, 2.75) is 31.3 Å². The molecule has 1 atom stereocenters. The SMILES string of the molecule is Cc1ccc(CNC(=O)NC(C)c2ccc(S(C)(=O)=O)cc2)cc1F. The van der Waals surface area contributed by atoms with Crippen molar-refractivity contribution in [3.63, 3.8) is 0 Å². The van der Waals surface area contributed by atoms with Gasteiger partial charge in [-0.3, -0.25) is 0 Å². The Bertz CT molecular complexity index is 864. The summed E-state index contributed by atoms with van der Waals surface area (Å²) >= 11 is 0. The molecule has 0 saturated heterocycles. The smallest absolute Gasteiger partial charge is 0.315 e. The molecular formula is C18H21FN2O3S. The fraction of sp³-hybridized carbons (Fsp3) is 0.278. The van der Waals surface area contributed by atoms with Crippen LogP contribution in [0.5, 0.6) is 0 Å². The summed E-state index contributed by atoms with van der Waals surface area (Å²) in [6.07, 6.45) is 1.14. The van der Waals surface area contributed by atoms with Crippen LogP contribution in [0.2, 0.25) is 0 Å². The van der Waals surface area contributed by atoms with Gasteiger partial charge < -0.3 is 10.6 Å². The van der Waals surface area contributed by atoms with Crippen molar-refractivity contribution in [1.82, 2.24) is 10.6 Å². The van der Waals surface area contributed by atoms with Crippen LogP contribution in [0.3, 0.4) is 0 Å². The van der Waals surface area contributed by atoms with E-state index >= 15 is 0 Å². The molecule has 2 aromatic rings. The Morgan fingerprint density at radius 1 is 1.16 bits per heavy atom. The van der Waals surface area contributed by atoms with Crippen molar-refractivity contribution in [2.75, 3.05) is 6.26 Å². The van der Waals surface area contributed by atoms with Gasteiger partial charge in [-0.05, 0) is 48.7 Å². The van der Waals surface area contributed by atoms with Crippen LogP contribution in [0.15, 0.2) is 47.4 Å². The number of amides is 2. The van der Waals surface area contributed by atoms with Gasteiger partial charge in [-0.2, -0.15) is 0 Å². The highest BCUT2D eigenvalue weighted by Crippen LogP contribution is 2.16. The number of hydrogen-bond acceptors (Lipinski definition) is 3. The minimum Gasteiger partial charge on any atom is -0.334 e. The maximum absolute atomic E-state index is 13.5. The zero-order valence-corrected chi connectivity index (χ0v) is 15.2. The second-order valence-corrected chi connectivity index (χ2v) is 7.99. The second-order valence-electron chi connectivity index (χ2n) is 5.97. The van der Waals surface area contributed by atoms with E-state index in [0.717, 1.165) is 11.8 Å². The minimum absolute atomic E-state index is 0.211. The van der Waals surface area contributed by atoms with Crippen LogP contribution in [-0.4, -0.2) is 20.7 Å². The summed E-state index contributed by atoms with van der Waals surface area (Å²) in [6, 6.07) is 10.5. The number of carbonyl (C=O) groups is 1. The third kappa shape index (κ3) is 5.29. The van der Waals surface area contributed by atoms with E-state index in [-0.39, 0.29) is 29.3 Å². The Morgan fingerprint density at radius 2 is 1.80 bits per heavy atom. The topological polar surface area (TPSA) is 75.3 Å². The fourth-order valence-corrected chi connectivity index (χ4v) is 2.89. The van der Waals surface area contributed by atoms with Crippen molar-refractivity contribution in [3.8, 4) is 0 Å². The van der Waals surface area contributed by atoms with Gasteiger partial charge in [0.2, 0.25) is 0 Å². The normalized spacial score (nSPS) is 12.5. The third-order valence-electron chi connectivity index (χ3n) is 3.85. The van der Waals surface area contributed by atoms with E-state index in [1.165, 1.54) is 18.2 Å². The van der Waals surface area contributed by atoms with E-state index in [1.807, 2.05) is 0 Å². The van der Waals surface area contributed by atoms with Crippen LogP contribution in [0.4, 0.5) is 9.18 Å². The molecule has 0 aliphatic rings. The summed E-state index contributed by atoms with van der Waals surface area (Å²) in [5, 5.41) is 5.43. The summed E-state index contributed by atoms with van der Waals surface area (Å²) in [5.41, 5.74) is 2.01. The number of carbonyl (C=O) groups excluding carboxylic acids is 1. The molecule has 2 rings (SSSR count). The first-order valence-electron chi connectivity index (χ1n) is 7.76. The van der Waals surface area contributed by atoms with Crippen LogP contribution in [0, 0.1) is 12.7 Å². The van der Waals surface area contributed by atoms with Gasteiger partial charge in [0.25, 0.3) is 0 Å². The van der Waals surface area contributed by atoms with Crippen molar-refractivity contribution in [3.05, 3.63) is 65.0 Å². The second kappa shape index (κ2) is 7.65. The van der Waals surface area contributed by atoms with Crippen molar-refractivity contribution < 1.29 is 17.6 Å². The number of sulfone groups is 1. The Morgan fingerprint density at radius 3 is 2.36 bits per heavy atom. The van der Waals surface area contributed by atoms with Crippen molar-refractivity contribution in [2.24, 2.45) is 0 Å². The first-order valence-corrected chi connectivity index (χ1v) is 9.65. The monoisotopic (exact) mass is 364 g/mol. The molecule has 25 heavy (non-hydrogen) atoms. The van der Waals surface area contributed by atoms with E-state index in [1.54, 1.807) is 38.1 Å². The van der Waals surface area contributed by atoms with E-state index in [2.05, 4.69) is 10.6 Å². The van der Waals surface area contributed by atoms with Crippen LogP contribution in [-0.2, 0) is 16.4 Å². The number of rotatable bonds is 5. The van der Waals surface area contributed by atoms with Crippen LogP contribution in [0.1, 0.15) is 29.7 Å². The molecule has 0 saturated carbocycles. The maximum Gasteiger partial charge on any atom is 0.315 e. The lowest BCUT2D eigenvalue weighted by Crippen LogP contribution is -2.36. The zero-order valence-electron chi connectivity index (χ0n) is 14.3. The van der Waals surface area contributed by atoms with Crippen molar-refractivity contribution in [1.29, 1.82) is 0 Å². The lowest BCUT2D eigenvalue weighted by Gasteiger charge is -2.15. The molecule has 0 heterocycles. The number of hydrogen-bond donors (Lipinski definition) is 2. The summed E-state index contributed by atoms with van der Waals surface area (Å²) in [5.74, 6) is -0.306. The molecule has 2 amide bonds. The summed E-state index contributed by atoms with van der Waals surface area (Å²) in [4.78, 5) is 12.2. The first kappa shape index (κ1) is 18.9. The molecular weight excluding hydrogens is 343 g/mol. The van der Waals surface area contributed by atoms with E-state index in [9.17, 15) is 17.6 Å². The molecule has 0 bridgehead atoms. The Balaban J connectivity index is 1.92. The minimum atomic E-state index is -3.24. The van der Waals surface area contributed by atoms with Gasteiger partial charge in [0, 0.05) is 12.8 Å². The summed E-state index contributed by atoms with van der Waals surface area (Å²) < 4.78 is 36.4. The van der Waals surface area contributed by atoms with Crippen LogP contribution < -0.4 is 10.6 Å². The number of urea groups is 1. The van der Waals surface area contributed by atoms with Gasteiger partial charge in [0.05, 0.1) is 10.9 Å². The average Bonchev–Trinajstić information content (AvgIpc) is 2.55. The lowest BCUT2D eigenvalue weighted by molar-refractivity contribution is 0.237. The van der Waals surface area contributed by atoms with Gasteiger partial charge in [-0.25, -0.2) is 17.6 Å². The zero-order chi connectivity index (χ0) is 18.6. The quantitative estimate of drug-likeness (QED) is 0.856. The van der Waals surface area contributed by atoms with E-state index in [4.69, 9.17) is 0 Å². The third-order valence-corrected chi connectivity index (χ3v) is 4.97. The largest absolute Gasteiger partial charge is 0.334 e. The van der Waals surface area contributed by atoms with Gasteiger partial charge >= 0.3 is 6.03 Å². The van der Waals surface area contributed by atoms with Gasteiger partial charge in [0.1, 0.15) is 5.82 Å². The molecule has 0 spiro atoms. The van der Waals surface area contributed by atoms with Gasteiger partial charge in [-0.15, -0.1) is 0 Å². The highest BCUT2D eigenvalue weighted by atomic mass is 32.2. The molecule has 0 radical (unpaired) electrons. The molecule has 0 fully saturated rings. The average molecular weight is 364 g/mol. The molecule has 0 aromatic heterocycles. The number of halogens is 1. The molecule has 5 nitrogen and oxygen atoms in total. The molecule has 2 N–H and O–H groups in total. The molecule has 7 heteroatoms. The Kier molecular flexibility index (Phi) is 5.79. The molecule has 0 aliphatic heterocycles. The van der Waals surface area contributed by atoms with Gasteiger partial charge in [0.15, 0.2) is 9.84 Å². The highest BCUT2D eigenvalue weighted by molar-refractivity contribution is 7.90. The molecule has 0 aliphatic carbocycles.